The highest BCUT2D eigenvalue weighted by Crippen LogP contribution is 2.19. The Kier molecular flexibility index (Phi) is 4.98. The van der Waals surface area contributed by atoms with Crippen LogP contribution in [0.4, 0.5) is 4.39 Å². The van der Waals surface area contributed by atoms with Gasteiger partial charge in [-0.3, -0.25) is 14.4 Å². The number of methoxy groups -OCH3 is 1. The number of aryl methyl sites for hydroxylation is 1. The number of hydrogen-bond donors (Lipinski definition) is 2. The van der Waals surface area contributed by atoms with Gasteiger partial charge in [-0.25, -0.2) is 8.91 Å². The quantitative estimate of drug-likeness (QED) is 0.666. The Labute approximate surface area is 170 Å². The van der Waals surface area contributed by atoms with Crippen molar-refractivity contribution in [3.8, 4) is 5.75 Å². The molecule has 3 heterocycles. The zero-order valence-electron chi connectivity index (χ0n) is 16.4. The third-order valence-electron chi connectivity index (χ3n) is 5.04. The highest BCUT2D eigenvalue weighted by Gasteiger charge is 2.29. The molecule has 156 valence electrons. The Morgan fingerprint density at radius 2 is 2.13 bits per heavy atom. The van der Waals surface area contributed by atoms with Gasteiger partial charge in [-0.1, -0.05) is 0 Å². The highest BCUT2D eigenvalue weighted by atomic mass is 19.1. The van der Waals surface area contributed by atoms with Gasteiger partial charge in [0.25, 0.3) is 17.4 Å². The van der Waals surface area contributed by atoms with Gasteiger partial charge in [-0.15, -0.1) is 0 Å². The second-order valence-corrected chi connectivity index (χ2v) is 7.19. The molecule has 0 radical (unpaired) electrons. The number of aromatic amines is 1. The van der Waals surface area contributed by atoms with Gasteiger partial charge < -0.3 is 19.9 Å². The fourth-order valence-electron chi connectivity index (χ4n) is 3.53. The van der Waals surface area contributed by atoms with Gasteiger partial charge in [0.05, 0.1) is 7.11 Å². The lowest BCUT2D eigenvalue weighted by Crippen LogP contribution is -2.38. The number of nitrogens with zero attached hydrogens (tertiary/aromatic N) is 3. The van der Waals surface area contributed by atoms with Crippen LogP contribution in [0.3, 0.4) is 0 Å². The average Bonchev–Trinajstić information content (AvgIpc) is 3.34. The van der Waals surface area contributed by atoms with Gasteiger partial charge in [-0.2, -0.15) is 5.10 Å². The molecule has 1 saturated heterocycles. The number of aromatic nitrogens is 3. The van der Waals surface area contributed by atoms with Crippen molar-refractivity contribution in [1.29, 1.82) is 0 Å². The maximum atomic E-state index is 13.8. The zero-order chi connectivity index (χ0) is 21.4. The number of hydrogen-bond acceptors (Lipinski definition) is 5. The highest BCUT2D eigenvalue weighted by molar-refractivity contribution is 5.95. The van der Waals surface area contributed by atoms with Crippen LogP contribution in [0.15, 0.2) is 35.3 Å². The molecule has 0 spiro atoms. The minimum absolute atomic E-state index is 0.0608. The van der Waals surface area contributed by atoms with Crippen molar-refractivity contribution < 1.29 is 18.7 Å². The molecule has 2 N–H and O–H groups in total. The molecular weight excluding hydrogens is 393 g/mol. The molecular formula is C20H20FN5O4. The molecule has 1 aliphatic heterocycles. The molecule has 30 heavy (non-hydrogen) atoms. The van der Waals surface area contributed by atoms with Crippen molar-refractivity contribution >= 4 is 17.3 Å². The predicted octanol–water partition coefficient (Wildman–Crippen LogP) is 1.12. The topological polar surface area (TPSA) is 109 Å². The van der Waals surface area contributed by atoms with Crippen LogP contribution < -0.4 is 15.6 Å². The summed E-state index contributed by atoms with van der Waals surface area (Å²) in [5, 5.41) is 7.02. The lowest BCUT2D eigenvalue weighted by atomic mass is 10.1. The Hall–Kier alpha value is -3.69. The molecule has 10 heteroatoms. The van der Waals surface area contributed by atoms with Gasteiger partial charge >= 0.3 is 0 Å². The number of H-pyrrole nitrogens is 1. The number of halogens is 1. The number of likely N-dealkylation sites (tertiary alicyclic amines) is 1. The molecule has 1 fully saturated rings. The summed E-state index contributed by atoms with van der Waals surface area (Å²) in [4.78, 5) is 41.4. The fraction of sp³-hybridized carbons (Fsp3) is 0.300. The van der Waals surface area contributed by atoms with Gasteiger partial charge in [0.15, 0.2) is 17.3 Å². The summed E-state index contributed by atoms with van der Waals surface area (Å²) in [5.41, 5.74) is 0.936. The maximum absolute atomic E-state index is 13.8. The molecule has 0 aliphatic carbocycles. The number of carbonyl (C=O) groups is 2. The molecule has 1 aliphatic rings. The van der Waals surface area contributed by atoms with Crippen LogP contribution in [0.5, 0.6) is 5.75 Å². The summed E-state index contributed by atoms with van der Waals surface area (Å²) in [6.45, 7) is 2.46. The molecule has 1 atom stereocenters. The molecule has 1 aromatic carbocycles. The fourth-order valence-corrected chi connectivity index (χ4v) is 3.53. The minimum atomic E-state index is -0.620. The Balaban J connectivity index is 1.43. The number of fused-ring (bicyclic) bond motifs is 1. The van der Waals surface area contributed by atoms with E-state index in [1.54, 1.807) is 18.0 Å². The first kappa shape index (κ1) is 19.6. The van der Waals surface area contributed by atoms with Crippen LogP contribution in [0.25, 0.3) is 5.52 Å². The van der Waals surface area contributed by atoms with Gasteiger partial charge in [0, 0.05) is 42.7 Å². The molecule has 2 aromatic heterocycles. The van der Waals surface area contributed by atoms with E-state index in [0.29, 0.717) is 25.2 Å². The Morgan fingerprint density at radius 1 is 1.33 bits per heavy atom. The maximum Gasteiger partial charge on any atom is 0.274 e. The van der Waals surface area contributed by atoms with Gasteiger partial charge in [0.1, 0.15) is 5.52 Å². The number of ether oxygens (including phenoxy) is 1. The molecule has 0 bridgehead atoms. The summed E-state index contributed by atoms with van der Waals surface area (Å²) in [6, 6.07) is 5.16. The summed E-state index contributed by atoms with van der Waals surface area (Å²) >= 11 is 0. The van der Waals surface area contributed by atoms with Crippen molar-refractivity contribution in [3.05, 3.63) is 63.6 Å². The van der Waals surface area contributed by atoms with Crippen molar-refractivity contribution in [2.75, 3.05) is 20.2 Å². The third kappa shape index (κ3) is 3.63. The van der Waals surface area contributed by atoms with Crippen LogP contribution in [-0.4, -0.2) is 57.6 Å². The lowest BCUT2D eigenvalue weighted by molar-refractivity contribution is 0.0777. The molecule has 3 aromatic rings. The summed E-state index contributed by atoms with van der Waals surface area (Å²) in [7, 11) is 1.35. The molecule has 9 nitrogen and oxygen atoms in total. The largest absolute Gasteiger partial charge is 0.494 e. The monoisotopic (exact) mass is 413 g/mol. The van der Waals surface area contributed by atoms with E-state index in [1.165, 1.54) is 29.8 Å². The van der Waals surface area contributed by atoms with E-state index in [-0.39, 0.29) is 40.0 Å². The van der Waals surface area contributed by atoms with Crippen molar-refractivity contribution in [2.24, 2.45) is 0 Å². The van der Waals surface area contributed by atoms with E-state index in [0.717, 1.165) is 6.07 Å². The SMILES string of the molecule is COc1ccc(C(=O)NC2CCN(C(=O)c3cc4c(=O)[nH]c(C)cn4n3)C2)cc1F. The van der Waals surface area contributed by atoms with Crippen molar-refractivity contribution in [2.45, 2.75) is 19.4 Å². The van der Waals surface area contributed by atoms with Crippen LogP contribution in [-0.2, 0) is 0 Å². The normalized spacial score (nSPS) is 16.1. The Bertz CT molecular complexity index is 1200. The minimum Gasteiger partial charge on any atom is -0.494 e. The first-order chi connectivity index (χ1) is 14.4. The van der Waals surface area contributed by atoms with Gasteiger partial charge in [-0.05, 0) is 31.5 Å². The lowest BCUT2D eigenvalue weighted by Gasteiger charge is -2.16. The molecule has 0 saturated carbocycles. The van der Waals surface area contributed by atoms with Crippen LogP contribution >= 0.6 is 0 Å². The average molecular weight is 413 g/mol. The number of benzene rings is 1. The number of amides is 2. The predicted molar refractivity (Wildman–Crippen MR) is 105 cm³/mol. The van der Waals surface area contributed by atoms with E-state index >= 15 is 0 Å². The zero-order valence-corrected chi connectivity index (χ0v) is 16.4. The summed E-state index contributed by atoms with van der Waals surface area (Å²) in [6.07, 6.45) is 2.19. The smallest absolute Gasteiger partial charge is 0.274 e. The first-order valence-corrected chi connectivity index (χ1v) is 9.38. The number of nitrogens with one attached hydrogen (secondary N) is 2. The van der Waals surface area contributed by atoms with Crippen molar-refractivity contribution in [1.82, 2.24) is 24.8 Å². The van der Waals surface area contributed by atoms with Crippen LogP contribution in [0, 0.1) is 12.7 Å². The van der Waals surface area contributed by atoms with E-state index in [9.17, 15) is 18.8 Å². The van der Waals surface area contributed by atoms with Crippen molar-refractivity contribution in [3.63, 3.8) is 0 Å². The van der Waals surface area contributed by atoms with E-state index in [1.807, 2.05) is 0 Å². The summed E-state index contributed by atoms with van der Waals surface area (Å²) in [5.74, 6) is -1.30. The van der Waals surface area contributed by atoms with Crippen LogP contribution in [0.1, 0.15) is 33.0 Å². The second kappa shape index (κ2) is 7.62. The number of rotatable bonds is 4. The van der Waals surface area contributed by atoms with Crippen LogP contribution in [0.2, 0.25) is 0 Å². The van der Waals surface area contributed by atoms with E-state index < -0.39 is 11.7 Å². The number of carbonyl (C=O) groups excluding carboxylic acids is 2. The molecule has 1 unspecified atom stereocenters. The van der Waals surface area contributed by atoms with E-state index in [2.05, 4.69) is 15.4 Å². The summed E-state index contributed by atoms with van der Waals surface area (Å²) < 4.78 is 20.1. The Morgan fingerprint density at radius 3 is 2.87 bits per heavy atom. The second-order valence-electron chi connectivity index (χ2n) is 7.19. The van der Waals surface area contributed by atoms with E-state index in [4.69, 9.17) is 4.74 Å². The molecule has 2 amide bonds. The molecule has 4 rings (SSSR count). The first-order valence-electron chi connectivity index (χ1n) is 9.38. The van der Waals surface area contributed by atoms with Gasteiger partial charge in [0.2, 0.25) is 0 Å². The standard InChI is InChI=1S/C20H20FN5O4/c1-11-9-26-16(19(28)22-11)8-15(24-26)20(29)25-6-5-13(10-25)23-18(27)12-3-4-17(30-2)14(21)7-12/h3-4,7-9,13H,5-6,10H2,1-2H3,(H,22,28)(H,23,27). The third-order valence-corrected chi connectivity index (χ3v) is 5.04.